The van der Waals surface area contributed by atoms with E-state index in [0.29, 0.717) is 0 Å². The van der Waals surface area contributed by atoms with Crippen LogP contribution in [0.5, 0.6) is 0 Å². The molecule has 60 valence electrons. The maximum absolute atomic E-state index is 9.68. The first-order valence-corrected chi connectivity index (χ1v) is 4.57. The largest absolute Gasteiger partial charge is 1.00 e. The zero-order valence-corrected chi connectivity index (χ0v) is 8.98. The first-order valence-electron chi connectivity index (χ1n) is 1.69. The Bertz CT molecular complexity index is 334. The van der Waals surface area contributed by atoms with E-state index >= 15 is 0 Å². The fraction of sp³-hybridized carbons (Fsp3) is 0. The molecule has 0 unspecified atom stereocenters. The van der Waals surface area contributed by atoms with Gasteiger partial charge in [0.05, 0.1) is 10.5 Å². The standard InChI is InChI=1S/C2H2O6S2.Na.H/c3-9(4,5)1-2-10(6,7)8;;/h(H,3,4,5)(H,6,7,8);;/q;+1;-1. The van der Waals surface area contributed by atoms with Gasteiger partial charge in [-0.2, -0.15) is 16.8 Å². The fourth-order valence-electron chi connectivity index (χ4n) is 0.105. The Morgan fingerprint density at radius 2 is 1.09 bits per heavy atom. The molecule has 9 heteroatoms. The molecule has 0 bridgehead atoms. The predicted molar refractivity (Wildman–Crippen MR) is 32.0 cm³/mol. The minimum Gasteiger partial charge on any atom is -1.00 e. The molecule has 0 fully saturated rings. The summed E-state index contributed by atoms with van der Waals surface area (Å²) in [5.41, 5.74) is 0. The molecule has 6 nitrogen and oxygen atoms in total. The summed E-state index contributed by atoms with van der Waals surface area (Å²) >= 11 is 0. The normalized spacial score (nSPS) is 10.7. The summed E-state index contributed by atoms with van der Waals surface area (Å²) < 4.78 is 54.3. The molecule has 0 amide bonds. The molecular weight excluding hydrogens is 207 g/mol. The van der Waals surface area contributed by atoms with Crippen LogP contribution >= 0.6 is 0 Å². The summed E-state index contributed by atoms with van der Waals surface area (Å²) in [5.74, 6) is 0. The quantitative estimate of drug-likeness (QED) is 0.238. The van der Waals surface area contributed by atoms with Gasteiger partial charge in [-0.1, -0.05) is 0 Å². The molecular formula is C2H3NaO6S2. The van der Waals surface area contributed by atoms with Gasteiger partial charge in [0.1, 0.15) is 0 Å². The molecule has 0 aliphatic heterocycles. The van der Waals surface area contributed by atoms with Gasteiger partial charge in [0.25, 0.3) is 0 Å². The molecule has 0 rings (SSSR count). The van der Waals surface area contributed by atoms with Gasteiger partial charge in [-0.3, -0.25) is 9.11 Å². The van der Waals surface area contributed by atoms with Gasteiger partial charge in [-0.15, -0.1) is 0 Å². The van der Waals surface area contributed by atoms with E-state index in [4.69, 9.17) is 9.11 Å². The van der Waals surface area contributed by atoms with Crippen LogP contribution in [0.25, 0.3) is 0 Å². The average Bonchev–Trinajstić information content (AvgIpc) is 1.57. The first kappa shape index (κ1) is 13.9. The second-order valence-electron chi connectivity index (χ2n) is 1.15. The number of hydrogen-bond acceptors (Lipinski definition) is 4. The third-order valence-corrected chi connectivity index (χ3v) is 1.15. The molecule has 0 saturated carbocycles. The summed E-state index contributed by atoms with van der Waals surface area (Å²) in [5, 5.41) is 1.80. The fourth-order valence-corrected chi connectivity index (χ4v) is 0.948. The van der Waals surface area contributed by atoms with Crippen LogP contribution in [-0.2, 0) is 20.2 Å². The van der Waals surface area contributed by atoms with Crippen molar-refractivity contribution in [2.45, 2.75) is 0 Å². The molecule has 0 atom stereocenters. The zero-order chi connectivity index (χ0) is 8.41. The van der Waals surface area contributed by atoms with E-state index in [2.05, 4.69) is 0 Å². The molecule has 0 aliphatic rings. The predicted octanol–water partition coefficient (Wildman–Crippen LogP) is -4.20. The Balaban J connectivity index is -0.000000405. The van der Waals surface area contributed by atoms with Gasteiger partial charge in [0.2, 0.25) is 0 Å². The molecule has 0 aromatic heterocycles. The minimum absolute atomic E-state index is 0. The van der Waals surface area contributed by atoms with Crippen LogP contribution < -0.4 is 29.6 Å². The summed E-state index contributed by atoms with van der Waals surface area (Å²) in [6, 6.07) is 0. The second kappa shape index (κ2) is 4.42. The molecule has 0 heterocycles. The van der Waals surface area contributed by atoms with E-state index in [0.717, 1.165) is 10.5 Å². The van der Waals surface area contributed by atoms with Crippen molar-refractivity contribution < 1.29 is 56.9 Å². The zero-order valence-electron chi connectivity index (χ0n) is 6.34. The van der Waals surface area contributed by atoms with Crippen LogP contribution in [0.1, 0.15) is 1.43 Å². The van der Waals surface area contributed by atoms with Crippen LogP contribution in [0.4, 0.5) is 0 Å². The van der Waals surface area contributed by atoms with E-state index in [1.165, 1.54) is 0 Å². The average molecular weight is 210 g/mol. The topological polar surface area (TPSA) is 109 Å². The SMILES string of the molecule is O=S(=O)(O)C#CS(=O)(=O)O.[H-].[Na+]. The van der Waals surface area contributed by atoms with Crippen LogP contribution in [0.3, 0.4) is 0 Å². The minimum atomic E-state index is -4.66. The van der Waals surface area contributed by atoms with E-state index in [9.17, 15) is 16.8 Å². The van der Waals surface area contributed by atoms with Crippen LogP contribution in [0.2, 0.25) is 0 Å². The van der Waals surface area contributed by atoms with E-state index < -0.39 is 20.2 Å². The molecule has 0 aromatic carbocycles. The maximum atomic E-state index is 9.68. The summed E-state index contributed by atoms with van der Waals surface area (Å²) in [4.78, 5) is 0. The Morgan fingerprint density at radius 3 is 1.18 bits per heavy atom. The number of hydrogen-bond donors (Lipinski definition) is 2. The van der Waals surface area contributed by atoms with E-state index in [1.54, 1.807) is 0 Å². The van der Waals surface area contributed by atoms with Gasteiger partial charge in [-0.25, -0.2) is 0 Å². The molecule has 2 N–H and O–H groups in total. The Hall–Kier alpha value is 0.380. The third kappa shape index (κ3) is 13.4. The smallest absolute Gasteiger partial charge is 1.00 e. The van der Waals surface area contributed by atoms with Crippen molar-refractivity contribution in [3.8, 4) is 10.5 Å². The van der Waals surface area contributed by atoms with Gasteiger partial charge in [-0.05, 0) is 0 Å². The van der Waals surface area contributed by atoms with Crippen molar-refractivity contribution in [3.05, 3.63) is 0 Å². The van der Waals surface area contributed by atoms with Gasteiger partial charge < -0.3 is 1.43 Å². The summed E-state index contributed by atoms with van der Waals surface area (Å²) in [6.45, 7) is 0. The van der Waals surface area contributed by atoms with Crippen molar-refractivity contribution in [1.29, 1.82) is 0 Å². The Morgan fingerprint density at radius 1 is 0.909 bits per heavy atom. The van der Waals surface area contributed by atoms with Crippen molar-refractivity contribution in [2.24, 2.45) is 0 Å². The van der Waals surface area contributed by atoms with Crippen LogP contribution in [-0.4, -0.2) is 25.9 Å². The van der Waals surface area contributed by atoms with Gasteiger partial charge in [0.15, 0.2) is 0 Å². The monoisotopic (exact) mass is 210 g/mol. The molecule has 0 aromatic rings. The summed E-state index contributed by atoms with van der Waals surface area (Å²) in [7, 11) is -9.32. The third-order valence-electron chi connectivity index (χ3n) is 0.300. The molecule has 0 radical (unpaired) electrons. The van der Waals surface area contributed by atoms with Gasteiger partial charge in [0, 0.05) is 0 Å². The van der Waals surface area contributed by atoms with Crippen molar-refractivity contribution >= 4 is 20.2 Å². The summed E-state index contributed by atoms with van der Waals surface area (Å²) in [6.07, 6.45) is 0. The van der Waals surface area contributed by atoms with Crippen LogP contribution in [0.15, 0.2) is 0 Å². The number of rotatable bonds is 0. The Labute approximate surface area is 87.3 Å². The van der Waals surface area contributed by atoms with E-state index in [1.807, 2.05) is 0 Å². The first-order chi connectivity index (χ1) is 4.21. The Kier molecular flexibility index (Phi) is 5.60. The van der Waals surface area contributed by atoms with Crippen molar-refractivity contribution in [3.63, 3.8) is 0 Å². The molecule has 0 spiro atoms. The van der Waals surface area contributed by atoms with Crippen molar-refractivity contribution in [1.82, 2.24) is 0 Å². The van der Waals surface area contributed by atoms with Gasteiger partial charge >= 0.3 is 49.8 Å². The van der Waals surface area contributed by atoms with Crippen molar-refractivity contribution in [2.75, 3.05) is 0 Å². The van der Waals surface area contributed by atoms with E-state index in [-0.39, 0.29) is 31.0 Å². The maximum Gasteiger partial charge on any atom is 1.00 e. The van der Waals surface area contributed by atoms with Crippen LogP contribution in [0, 0.1) is 10.5 Å². The molecule has 11 heavy (non-hydrogen) atoms. The molecule has 0 aliphatic carbocycles. The molecule has 0 saturated heterocycles. The second-order valence-corrected chi connectivity index (χ2v) is 3.46.